The van der Waals surface area contributed by atoms with Gasteiger partial charge in [-0.05, 0) is 37.1 Å². The number of rotatable bonds is 7. The SMILES string of the molecule is Cc1cccc(C)c1NC(=O)COC(=O)COc1ccccc1C=O. The Morgan fingerprint density at radius 3 is 2.36 bits per heavy atom. The van der Waals surface area contributed by atoms with E-state index in [9.17, 15) is 14.4 Å². The van der Waals surface area contributed by atoms with Crippen molar-refractivity contribution in [3.05, 3.63) is 59.2 Å². The predicted octanol–water partition coefficient (Wildman–Crippen LogP) is 2.68. The second-order valence-corrected chi connectivity index (χ2v) is 5.42. The number of benzene rings is 2. The van der Waals surface area contributed by atoms with Gasteiger partial charge in [-0.2, -0.15) is 0 Å². The molecule has 0 aliphatic heterocycles. The van der Waals surface area contributed by atoms with Crippen molar-refractivity contribution in [1.82, 2.24) is 0 Å². The molecule has 2 aromatic rings. The number of anilines is 1. The van der Waals surface area contributed by atoms with Crippen molar-refractivity contribution < 1.29 is 23.9 Å². The zero-order chi connectivity index (χ0) is 18.2. The van der Waals surface area contributed by atoms with Crippen LogP contribution in [0.1, 0.15) is 21.5 Å². The van der Waals surface area contributed by atoms with E-state index in [0.717, 1.165) is 11.1 Å². The molecule has 0 saturated carbocycles. The first-order chi connectivity index (χ1) is 12.0. The lowest BCUT2D eigenvalue weighted by Gasteiger charge is -2.12. The van der Waals surface area contributed by atoms with Crippen molar-refractivity contribution in [3.63, 3.8) is 0 Å². The Bertz CT molecular complexity index is 765. The molecule has 0 saturated heterocycles. The van der Waals surface area contributed by atoms with Crippen LogP contribution in [-0.2, 0) is 14.3 Å². The molecule has 1 N–H and O–H groups in total. The summed E-state index contributed by atoms with van der Waals surface area (Å²) >= 11 is 0. The molecule has 6 heteroatoms. The molecule has 1 amide bonds. The number of amides is 1. The lowest BCUT2D eigenvalue weighted by atomic mass is 10.1. The molecule has 0 radical (unpaired) electrons. The van der Waals surface area contributed by atoms with E-state index in [1.54, 1.807) is 24.3 Å². The van der Waals surface area contributed by atoms with Gasteiger partial charge in [-0.25, -0.2) is 4.79 Å². The average Bonchev–Trinajstić information content (AvgIpc) is 2.61. The Morgan fingerprint density at radius 1 is 1.00 bits per heavy atom. The Balaban J connectivity index is 1.81. The van der Waals surface area contributed by atoms with Gasteiger partial charge in [-0.15, -0.1) is 0 Å². The number of carbonyl (C=O) groups is 3. The maximum atomic E-state index is 11.9. The average molecular weight is 341 g/mol. The van der Waals surface area contributed by atoms with Gasteiger partial charge in [-0.3, -0.25) is 9.59 Å². The second-order valence-electron chi connectivity index (χ2n) is 5.42. The Hall–Kier alpha value is -3.15. The number of hydrogen-bond donors (Lipinski definition) is 1. The van der Waals surface area contributed by atoms with Gasteiger partial charge in [0.25, 0.3) is 5.91 Å². The molecule has 6 nitrogen and oxygen atoms in total. The summed E-state index contributed by atoms with van der Waals surface area (Å²) < 4.78 is 10.1. The first-order valence-corrected chi connectivity index (χ1v) is 7.70. The molecule has 130 valence electrons. The van der Waals surface area contributed by atoms with Crippen molar-refractivity contribution in [2.45, 2.75) is 13.8 Å². The Labute approximate surface area is 145 Å². The summed E-state index contributed by atoms with van der Waals surface area (Å²) in [5, 5.41) is 2.72. The van der Waals surface area contributed by atoms with Crippen molar-refractivity contribution in [2.75, 3.05) is 18.5 Å². The molecule has 0 heterocycles. The molecule has 2 rings (SSSR count). The minimum Gasteiger partial charge on any atom is -0.481 e. The Morgan fingerprint density at radius 2 is 1.68 bits per heavy atom. The van der Waals surface area contributed by atoms with Crippen LogP contribution in [0, 0.1) is 13.8 Å². The highest BCUT2D eigenvalue weighted by Gasteiger charge is 2.12. The van der Waals surface area contributed by atoms with Gasteiger partial charge in [0.2, 0.25) is 0 Å². The molecule has 0 fully saturated rings. The molecule has 0 unspecified atom stereocenters. The zero-order valence-electron chi connectivity index (χ0n) is 14.1. The number of esters is 1. The Kier molecular flexibility index (Phi) is 6.28. The third-order valence-electron chi connectivity index (χ3n) is 3.50. The third-order valence-corrected chi connectivity index (χ3v) is 3.50. The number of para-hydroxylation sites is 2. The number of aryl methyl sites for hydroxylation is 2. The molecule has 0 atom stereocenters. The van der Waals surface area contributed by atoms with E-state index >= 15 is 0 Å². The summed E-state index contributed by atoms with van der Waals surface area (Å²) in [7, 11) is 0. The van der Waals surface area contributed by atoms with Crippen LogP contribution in [-0.4, -0.2) is 31.4 Å². The quantitative estimate of drug-likeness (QED) is 0.618. The number of hydrogen-bond acceptors (Lipinski definition) is 5. The minimum absolute atomic E-state index is 0.287. The number of ether oxygens (including phenoxy) is 2. The van der Waals surface area contributed by atoms with Gasteiger partial charge in [0.05, 0.1) is 5.56 Å². The number of carbonyl (C=O) groups excluding carboxylic acids is 3. The van der Waals surface area contributed by atoms with Crippen molar-refractivity contribution in [3.8, 4) is 5.75 Å². The van der Waals surface area contributed by atoms with Crippen LogP contribution < -0.4 is 10.1 Å². The normalized spacial score (nSPS) is 10.0. The van der Waals surface area contributed by atoms with E-state index in [4.69, 9.17) is 9.47 Å². The van der Waals surface area contributed by atoms with Gasteiger partial charge in [0, 0.05) is 5.69 Å². The van der Waals surface area contributed by atoms with Crippen molar-refractivity contribution in [1.29, 1.82) is 0 Å². The summed E-state index contributed by atoms with van der Waals surface area (Å²) in [4.78, 5) is 34.5. The van der Waals surface area contributed by atoms with Gasteiger partial charge in [0.1, 0.15) is 5.75 Å². The highest BCUT2D eigenvalue weighted by atomic mass is 16.6. The monoisotopic (exact) mass is 341 g/mol. The highest BCUT2D eigenvalue weighted by Crippen LogP contribution is 2.19. The van der Waals surface area contributed by atoms with Crippen LogP contribution in [0.25, 0.3) is 0 Å². The van der Waals surface area contributed by atoms with Crippen LogP contribution in [0.3, 0.4) is 0 Å². The van der Waals surface area contributed by atoms with Gasteiger partial charge < -0.3 is 14.8 Å². The van der Waals surface area contributed by atoms with E-state index < -0.39 is 18.5 Å². The minimum atomic E-state index is -0.697. The van der Waals surface area contributed by atoms with Gasteiger partial charge in [0.15, 0.2) is 19.5 Å². The lowest BCUT2D eigenvalue weighted by Crippen LogP contribution is -2.24. The molecular weight excluding hydrogens is 322 g/mol. The van der Waals surface area contributed by atoms with Crippen molar-refractivity contribution in [2.24, 2.45) is 0 Å². The van der Waals surface area contributed by atoms with Crippen LogP contribution >= 0.6 is 0 Å². The highest BCUT2D eigenvalue weighted by molar-refractivity contribution is 5.94. The van der Waals surface area contributed by atoms with E-state index in [0.29, 0.717) is 17.5 Å². The van der Waals surface area contributed by atoms with Crippen molar-refractivity contribution >= 4 is 23.9 Å². The first-order valence-electron chi connectivity index (χ1n) is 7.70. The fraction of sp³-hybridized carbons (Fsp3) is 0.211. The largest absolute Gasteiger partial charge is 0.481 e. The van der Waals surface area contributed by atoms with Crippen LogP contribution in [0.5, 0.6) is 5.75 Å². The predicted molar refractivity (Wildman–Crippen MR) is 92.8 cm³/mol. The maximum absolute atomic E-state index is 11.9. The molecule has 2 aromatic carbocycles. The van der Waals surface area contributed by atoms with E-state index in [1.165, 1.54) is 0 Å². The second kappa shape index (κ2) is 8.63. The van der Waals surface area contributed by atoms with E-state index in [1.807, 2.05) is 32.0 Å². The van der Waals surface area contributed by atoms with Crippen LogP contribution in [0.4, 0.5) is 5.69 Å². The first kappa shape index (κ1) is 18.2. The maximum Gasteiger partial charge on any atom is 0.344 e. The molecule has 0 aliphatic rings. The zero-order valence-corrected chi connectivity index (χ0v) is 14.1. The molecule has 0 spiro atoms. The molecule has 0 aromatic heterocycles. The third kappa shape index (κ3) is 5.17. The van der Waals surface area contributed by atoms with Crippen LogP contribution in [0.2, 0.25) is 0 Å². The fourth-order valence-electron chi connectivity index (χ4n) is 2.22. The van der Waals surface area contributed by atoms with E-state index in [2.05, 4.69) is 5.32 Å². The smallest absolute Gasteiger partial charge is 0.344 e. The molecule has 25 heavy (non-hydrogen) atoms. The van der Waals surface area contributed by atoms with Gasteiger partial charge >= 0.3 is 5.97 Å². The van der Waals surface area contributed by atoms with Gasteiger partial charge in [-0.1, -0.05) is 30.3 Å². The summed E-state index contributed by atoms with van der Waals surface area (Å²) in [5.74, 6) is -0.842. The summed E-state index contributed by atoms with van der Waals surface area (Å²) in [6.07, 6.45) is 0.638. The van der Waals surface area contributed by atoms with E-state index in [-0.39, 0.29) is 12.4 Å². The number of nitrogens with one attached hydrogen (secondary N) is 1. The summed E-state index contributed by atoms with van der Waals surface area (Å²) in [5.41, 5.74) is 2.89. The molecular formula is C19H19NO5. The summed E-state index contributed by atoms with van der Waals surface area (Å²) in [6, 6.07) is 12.2. The lowest BCUT2D eigenvalue weighted by molar-refractivity contribution is -0.149. The topological polar surface area (TPSA) is 81.7 Å². The molecule has 0 bridgehead atoms. The summed E-state index contributed by atoms with van der Waals surface area (Å²) in [6.45, 7) is 2.96. The standard InChI is InChI=1S/C19H19NO5/c1-13-6-5-7-14(2)19(13)20-17(22)11-25-18(23)12-24-16-9-4-3-8-15(16)10-21/h3-10H,11-12H2,1-2H3,(H,20,22). The number of aldehydes is 1. The fourth-order valence-corrected chi connectivity index (χ4v) is 2.22. The van der Waals surface area contributed by atoms with Crippen LogP contribution in [0.15, 0.2) is 42.5 Å². The molecule has 0 aliphatic carbocycles.